The smallest absolute Gasteiger partial charge is 0.164 e. The molecule has 0 N–H and O–H groups in total. The Labute approximate surface area is 261 Å². The zero-order valence-electron chi connectivity index (χ0n) is 25.0. The van der Waals surface area contributed by atoms with Gasteiger partial charge in [-0.1, -0.05) is 132 Å². The van der Waals surface area contributed by atoms with E-state index in [9.17, 15) is 0 Å². The molecule has 4 heteroatoms. The molecule has 214 valence electrons. The first-order valence-electron chi connectivity index (χ1n) is 15.1. The SMILES string of the molecule is Cc1ccc(-c2nc(-c3ccc(C)cc3)nc(-c3cccc(-c4cccc(-c5cccc6c5oc5ccccc56)c4)c3)n2)cc1. The van der Waals surface area contributed by atoms with Crippen LogP contribution in [-0.4, -0.2) is 15.0 Å². The van der Waals surface area contributed by atoms with Crippen LogP contribution in [-0.2, 0) is 0 Å². The molecule has 0 spiro atoms. The Bertz CT molecular complexity index is 2270. The van der Waals surface area contributed by atoms with Crippen LogP contribution in [0.15, 0.2) is 144 Å². The molecular formula is C41H29N3O. The average molecular weight is 580 g/mol. The molecule has 0 saturated heterocycles. The Morgan fingerprint density at radius 1 is 0.400 bits per heavy atom. The fraction of sp³-hybridized carbons (Fsp3) is 0.0488. The van der Waals surface area contributed by atoms with Gasteiger partial charge in [0.25, 0.3) is 0 Å². The second-order valence-corrected chi connectivity index (χ2v) is 11.5. The van der Waals surface area contributed by atoms with E-state index in [2.05, 4.69) is 141 Å². The van der Waals surface area contributed by atoms with E-state index in [-0.39, 0.29) is 0 Å². The van der Waals surface area contributed by atoms with E-state index >= 15 is 0 Å². The third-order valence-corrected chi connectivity index (χ3v) is 8.29. The molecule has 0 amide bonds. The maximum absolute atomic E-state index is 6.35. The fourth-order valence-corrected chi connectivity index (χ4v) is 5.85. The lowest BCUT2D eigenvalue weighted by molar-refractivity contribution is 0.670. The Morgan fingerprint density at radius 2 is 0.889 bits per heavy atom. The third kappa shape index (κ3) is 5.07. The van der Waals surface area contributed by atoms with Crippen molar-refractivity contribution < 1.29 is 4.42 Å². The number of nitrogens with zero attached hydrogens (tertiary/aromatic N) is 3. The minimum absolute atomic E-state index is 0.640. The molecule has 45 heavy (non-hydrogen) atoms. The van der Waals surface area contributed by atoms with Gasteiger partial charge >= 0.3 is 0 Å². The van der Waals surface area contributed by atoms with Crippen LogP contribution in [0.2, 0.25) is 0 Å². The molecular weight excluding hydrogens is 550 g/mol. The van der Waals surface area contributed by atoms with Gasteiger partial charge in [0.05, 0.1) is 0 Å². The molecule has 0 aliphatic rings. The second kappa shape index (κ2) is 11.0. The molecule has 0 aliphatic carbocycles. The molecule has 0 unspecified atom stereocenters. The summed E-state index contributed by atoms with van der Waals surface area (Å²) in [5.41, 5.74) is 11.4. The van der Waals surface area contributed by atoms with Crippen molar-refractivity contribution in [2.45, 2.75) is 13.8 Å². The van der Waals surface area contributed by atoms with Crippen molar-refractivity contribution in [1.29, 1.82) is 0 Å². The highest BCUT2D eigenvalue weighted by molar-refractivity contribution is 6.09. The number of furan rings is 1. The maximum Gasteiger partial charge on any atom is 0.164 e. The third-order valence-electron chi connectivity index (χ3n) is 8.29. The quantitative estimate of drug-likeness (QED) is 0.203. The topological polar surface area (TPSA) is 51.8 Å². The van der Waals surface area contributed by atoms with Crippen LogP contribution in [0, 0.1) is 13.8 Å². The lowest BCUT2D eigenvalue weighted by atomic mass is 9.97. The lowest BCUT2D eigenvalue weighted by Gasteiger charge is -2.11. The molecule has 4 nitrogen and oxygen atoms in total. The lowest BCUT2D eigenvalue weighted by Crippen LogP contribution is -2.00. The van der Waals surface area contributed by atoms with Crippen LogP contribution in [0.4, 0.5) is 0 Å². The number of aromatic nitrogens is 3. The molecule has 0 atom stereocenters. The Hall–Kier alpha value is -5.87. The van der Waals surface area contributed by atoms with E-state index in [1.54, 1.807) is 0 Å². The van der Waals surface area contributed by atoms with E-state index in [4.69, 9.17) is 19.4 Å². The van der Waals surface area contributed by atoms with Crippen LogP contribution in [0.1, 0.15) is 11.1 Å². The number of benzene rings is 6. The highest BCUT2D eigenvalue weighted by Gasteiger charge is 2.15. The molecule has 0 radical (unpaired) electrons. The van der Waals surface area contributed by atoms with E-state index in [0.717, 1.165) is 60.9 Å². The summed E-state index contributed by atoms with van der Waals surface area (Å²) in [6, 6.07) is 48.2. The van der Waals surface area contributed by atoms with Crippen LogP contribution in [0.3, 0.4) is 0 Å². The summed E-state index contributed by atoms with van der Waals surface area (Å²) < 4.78 is 6.35. The van der Waals surface area contributed by atoms with Crippen molar-refractivity contribution in [3.8, 4) is 56.4 Å². The predicted octanol–water partition coefficient (Wildman–Crippen LogP) is 10.7. The van der Waals surface area contributed by atoms with E-state index in [1.807, 2.05) is 12.1 Å². The normalized spacial score (nSPS) is 11.3. The molecule has 8 aromatic rings. The standard InChI is InChI=1S/C41H29N3O/c1-26-16-20-28(21-17-26)39-42-40(29-22-18-27(2)19-23-29)44-41(43-39)33-11-6-9-31(25-33)30-8-5-10-32(24-30)34-13-7-14-36-35-12-3-4-15-37(35)45-38(34)36/h3-25H,1-2H3. The first-order valence-corrected chi connectivity index (χ1v) is 15.1. The van der Waals surface area contributed by atoms with Gasteiger partial charge in [0, 0.05) is 33.0 Å². The highest BCUT2D eigenvalue weighted by Crippen LogP contribution is 2.37. The van der Waals surface area contributed by atoms with Crippen molar-refractivity contribution in [2.75, 3.05) is 0 Å². The van der Waals surface area contributed by atoms with E-state index in [1.165, 1.54) is 11.1 Å². The number of para-hydroxylation sites is 2. The first kappa shape index (κ1) is 26.7. The van der Waals surface area contributed by atoms with Gasteiger partial charge in [-0.05, 0) is 48.7 Å². The number of fused-ring (bicyclic) bond motifs is 3. The van der Waals surface area contributed by atoms with Gasteiger partial charge in [0.15, 0.2) is 17.5 Å². The largest absolute Gasteiger partial charge is 0.455 e. The Morgan fingerprint density at radius 3 is 1.53 bits per heavy atom. The number of hydrogen-bond acceptors (Lipinski definition) is 4. The minimum Gasteiger partial charge on any atom is -0.455 e. The summed E-state index contributed by atoms with van der Waals surface area (Å²) in [5, 5.41) is 2.25. The summed E-state index contributed by atoms with van der Waals surface area (Å²) in [5.74, 6) is 1.95. The van der Waals surface area contributed by atoms with Crippen molar-refractivity contribution >= 4 is 21.9 Å². The van der Waals surface area contributed by atoms with E-state index in [0.29, 0.717) is 17.5 Å². The van der Waals surface area contributed by atoms with Crippen LogP contribution < -0.4 is 0 Å². The highest BCUT2D eigenvalue weighted by atomic mass is 16.3. The van der Waals surface area contributed by atoms with Gasteiger partial charge in [-0.25, -0.2) is 15.0 Å². The molecule has 6 aromatic carbocycles. The van der Waals surface area contributed by atoms with Crippen molar-refractivity contribution in [3.05, 3.63) is 151 Å². The molecule has 2 aromatic heterocycles. The molecule has 0 fully saturated rings. The number of hydrogen-bond donors (Lipinski definition) is 0. The number of rotatable bonds is 5. The van der Waals surface area contributed by atoms with Gasteiger partial charge in [-0.3, -0.25) is 0 Å². The molecule has 0 bridgehead atoms. The van der Waals surface area contributed by atoms with Gasteiger partial charge in [-0.2, -0.15) is 0 Å². The average Bonchev–Trinajstić information content (AvgIpc) is 3.48. The van der Waals surface area contributed by atoms with Gasteiger partial charge in [0.2, 0.25) is 0 Å². The van der Waals surface area contributed by atoms with Gasteiger partial charge < -0.3 is 4.42 Å². The maximum atomic E-state index is 6.35. The van der Waals surface area contributed by atoms with Crippen LogP contribution >= 0.6 is 0 Å². The van der Waals surface area contributed by atoms with Crippen molar-refractivity contribution in [1.82, 2.24) is 15.0 Å². The molecule has 0 saturated carbocycles. The molecule has 0 aliphatic heterocycles. The van der Waals surface area contributed by atoms with Crippen molar-refractivity contribution in [2.24, 2.45) is 0 Å². The summed E-state index contributed by atoms with van der Waals surface area (Å²) in [4.78, 5) is 14.8. The monoisotopic (exact) mass is 579 g/mol. The zero-order valence-corrected chi connectivity index (χ0v) is 25.0. The van der Waals surface area contributed by atoms with Crippen molar-refractivity contribution in [3.63, 3.8) is 0 Å². The number of aryl methyl sites for hydroxylation is 2. The van der Waals surface area contributed by atoms with Gasteiger partial charge in [0.1, 0.15) is 11.2 Å². The van der Waals surface area contributed by atoms with Gasteiger partial charge in [-0.15, -0.1) is 0 Å². The summed E-state index contributed by atoms with van der Waals surface area (Å²) in [6.07, 6.45) is 0. The van der Waals surface area contributed by atoms with Crippen LogP contribution in [0.25, 0.3) is 78.4 Å². The van der Waals surface area contributed by atoms with E-state index < -0.39 is 0 Å². The zero-order chi connectivity index (χ0) is 30.3. The molecule has 2 heterocycles. The Balaban J connectivity index is 1.22. The minimum atomic E-state index is 0.640. The summed E-state index contributed by atoms with van der Waals surface area (Å²) in [7, 11) is 0. The summed E-state index contributed by atoms with van der Waals surface area (Å²) in [6.45, 7) is 4.16. The fourth-order valence-electron chi connectivity index (χ4n) is 5.85. The molecule has 8 rings (SSSR count). The predicted molar refractivity (Wildman–Crippen MR) is 184 cm³/mol. The first-order chi connectivity index (χ1) is 22.1. The second-order valence-electron chi connectivity index (χ2n) is 11.5. The van der Waals surface area contributed by atoms with Crippen LogP contribution in [0.5, 0.6) is 0 Å². The summed E-state index contributed by atoms with van der Waals surface area (Å²) >= 11 is 0. The Kier molecular flexibility index (Phi) is 6.54.